The van der Waals surface area contributed by atoms with Gasteiger partial charge in [-0.3, -0.25) is 10.2 Å². The number of esters is 2. The number of carbonyl (C=O) groups excluding carboxylic acids is 3. The first-order valence-electron chi connectivity index (χ1n) is 10.2. The minimum Gasteiger partial charge on any atom is -0.461 e. The summed E-state index contributed by atoms with van der Waals surface area (Å²) in [5, 5.41) is 6.11. The third-order valence-electron chi connectivity index (χ3n) is 3.64. The Bertz CT molecular complexity index is 1030. The van der Waals surface area contributed by atoms with E-state index in [4.69, 9.17) is 56.9 Å². The van der Waals surface area contributed by atoms with E-state index in [2.05, 4.69) is 15.3 Å². The predicted molar refractivity (Wildman–Crippen MR) is 141 cm³/mol. The summed E-state index contributed by atoms with van der Waals surface area (Å²) in [6.45, 7) is 7.14. The molecule has 2 rings (SSSR count). The van der Waals surface area contributed by atoms with Crippen molar-refractivity contribution in [3.8, 4) is 0 Å². The van der Waals surface area contributed by atoms with Crippen LogP contribution in [-0.2, 0) is 30.4 Å². The van der Waals surface area contributed by atoms with Crippen molar-refractivity contribution in [3.05, 3.63) is 62.1 Å². The summed E-state index contributed by atoms with van der Waals surface area (Å²) in [6, 6.07) is 10.2. The Morgan fingerprint density at radius 3 is 1.80 bits per heavy atom. The molecule has 2 aromatic carbocycles. The van der Waals surface area contributed by atoms with Gasteiger partial charge >= 0.3 is 11.9 Å². The highest BCUT2D eigenvalue weighted by Crippen LogP contribution is 2.25. The minimum absolute atomic E-state index is 0.220. The molecule has 12 heteroatoms. The Labute approximate surface area is 224 Å². The summed E-state index contributed by atoms with van der Waals surface area (Å²) in [6.07, 6.45) is 0. The lowest BCUT2D eigenvalue weighted by Gasteiger charge is -2.05. The van der Waals surface area contributed by atoms with E-state index < -0.39 is 17.7 Å². The van der Waals surface area contributed by atoms with Gasteiger partial charge in [0.05, 0.1) is 23.9 Å². The Kier molecular flexibility index (Phi) is 16.8. The van der Waals surface area contributed by atoms with E-state index in [1.54, 1.807) is 51.1 Å². The second kappa shape index (κ2) is 18.0. The summed E-state index contributed by atoms with van der Waals surface area (Å²) >= 11 is 23.1. The van der Waals surface area contributed by atoms with E-state index in [1.807, 2.05) is 6.07 Å². The molecule has 35 heavy (non-hydrogen) atoms. The normalized spacial score (nSPS) is 10.1. The van der Waals surface area contributed by atoms with Crippen LogP contribution in [0.5, 0.6) is 0 Å². The van der Waals surface area contributed by atoms with Crippen LogP contribution < -0.4 is 11.2 Å². The van der Waals surface area contributed by atoms with Crippen molar-refractivity contribution >= 4 is 75.5 Å². The number of nitrogens with zero attached hydrogens (tertiary/aromatic N) is 1. The van der Waals surface area contributed by atoms with Crippen molar-refractivity contribution < 1.29 is 23.9 Å². The largest absolute Gasteiger partial charge is 0.461 e. The van der Waals surface area contributed by atoms with Crippen LogP contribution in [0.15, 0.2) is 41.5 Å². The zero-order valence-electron chi connectivity index (χ0n) is 19.7. The van der Waals surface area contributed by atoms with Gasteiger partial charge in [-0.2, -0.15) is 5.10 Å². The molecule has 0 saturated heterocycles. The molecule has 0 aliphatic heterocycles. The fraction of sp³-hybridized carbons (Fsp3) is 0.304. The maximum absolute atomic E-state index is 11.3. The van der Waals surface area contributed by atoms with Crippen LogP contribution in [0.2, 0.25) is 20.1 Å². The van der Waals surface area contributed by atoms with Gasteiger partial charge in [0.15, 0.2) is 0 Å². The van der Waals surface area contributed by atoms with Gasteiger partial charge in [0.1, 0.15) is 5.71 Å². The number of benzene rings is 2. The minimum atomic E-state index is -0.757. The first-order valence-corrected chi connectivity index (χ1v) is 11.7. The van der Waals surface area contributed by atoms with Gasteiger partial charge in [-0.05, 0) is 56.7 Å². The van der Waals surface area contributed by atoms with Gasteiger partial charge in [-0.25, -0.2) is 9.59 Å². The number of nitrogens with one attached hydrogen (secondary N) is 1. The molecule has 0 aliphatic carbocycles. The lowest BCUT2D eigenvalue weighted by Crippen LogP contribution is -2.15. The molecule has 0 spiro atoms. The second-order valence-corrected chi connectivity index (χ2v) is 8.06. The SMILES string of the molecule is CCOC(=O)/C(C)=N/Nc1ccc(Cl)cc1Cl.CCOC(=O)C(C)=O.NCc1ccc(Cl)cc1Cl. The van der Waals surface area contributed by atoms with E-state index in [9.17, 15) is 14.4 Å². The molecule has 0 atom stereocenters. The molecule has 0 aliphatic rings. The quantitative estimate of drug-likeness (QED) is 0.184. The molecule has 0 unspecified atom stereocenters. The third-order valence-corrected chi connectivity index (χ3v) is 4.78. The third kappa shape index (κ3) is 13.9. The molecule has 0 amide bonds. The number of ether oxygens (including phenoxy) is 2. The summed E-state index contributed by atoms with van der Waals surface area (Å²) in [7, 11) is 0. The molecule has 0 heterocycles. The maximum Gasteiger partial charge on any atom is 0.374 e. The fourth-order valence-electron chi connectivity index (χ4n) is 1.93. The van der Waals surface area contributed by atoms with Crippen molar-refractivity contribution in [2.75, 3.05) is 18.6 Å². The smallest absolute Gasteiger partial charge is 0.374 e. The number of halogens is 4. The van der Waals surface area contributed by atoms with Crippen molar-refractivity contribution in [1.82, 2.24) is 0 Å². The average molecular weight is 567 g/mol. The number of ketones is 1. The molecule has 0 fully saturated rings. The van der Waals surface area contributed by atoms with Crippen molar-refractivity contribution in [1.29, 1.82) is 0 Å². The number of Topliss-reactive ketones (excluding diaryl/α,β-unsaturated/α-hetero) is 1. The molecular weight excluding hydrogens is 540 g/mol. The first kappa shape index (κ1) is 32.6. The van der Waals surface area contributed by atoms with Gasteiger partial charge in [0.25, 0.3) is 0 Å². The fourth-order valence-corrected chi connectivity index (χ4v) is 2.86. The molecule has 0 radical (unpaired) electrons. The van der Waals surface area contributed by atoms with E-state index in [-0.39, 0.29) is 12.3 Å². The highest BCUT2D eigenvalue weighted by atomic mass is 35.5. The Morgan fingerprint density at radius 1 is 0.857 bits per heavy atom. The number of hydrogen-bond acceptors (Lipinski definition) is 8. The standard InChI is InChI=1S/C11H12Cl2N2O2.C7H7Cl2N.C5H8O3/c1-3-17-11(16)7(2)14-15-10-5-4-8(12)6-9(10)13;8-6-2-1-5(4-10)7(9)3-6;1-3-8-5(7)4(2)6/h4-6,15H,3H2,1-2H3;1-3H,4,10H2;3H2,1-2H3/b14-7+;;. The summed E-state index contributed by atoms with van der Waals surface area (Å²) in [5.41, 5.74) is 9.76. The van der Waals surface area contributed by atoms with Gasteiger partial charge in [0.2, 0.25) is 5.78 Å². The van der Waals surface area contributed by atoms with E-state index in [0.29, 0.717) is 38.9 Å². The van der Waals surface area contributed by atoms with Gasteiger partial charge in [0, 0.05) is 28.5 Å². The maximum atomic E-state index is 11.3. The number of carbonyl (C=O) groups is 3. The van der Waals surface area contributed by atoms with Crippen LogP contribution in [0.25, 0.3) is 0 Å². The highest BCUT2D eigenvalue weighted by molar-refractivity contribution is 6.37. The first-order chi connectivity index (χ1) is 16.5. The van der Waals surface area contributed by atoms with Crippen molar-refractivity contribution in [2.24, 2.45) is 10.8 Å². The highest BCUT2D eigenvalue weighted by Gasteiger charge is 2.07. The number of rotatable bonds is 7. The lowest BCUT2D eigenvalue weighted by molar-refractivity contribution is -0.152. The van der Waals surface area contributed by atoms with Crippen molar-refractivity contribution in [3.63, 3.8) is 0 Å². The second-order valence-electron chi connectivity index (χ2n) is 6.37. The molecular formula is C23H27Cl4N3O5. The van der Waals surface area contributed by atoms with Gasteiger partial charge < -0.3 is 15.2 Å². The lowest BCUT2D eigenvalue weighted by atomic mass is 10.2. The molecule has 2 aromatic rings. The average Bonchev–Trinajstić information content (AvgIpc) is 2.79. The summed E-state index contributed by atoms with van der Waals surface area (Å²) in [5.74, 6) is -1.77. The molecule has 8 nitrogen and oxygen atoms in total. The van der Waals surface area contributed by atoms with Crippen LogP contribution in [0, 0.1) is 0 Å². The Balaban J connectivity index is 0.000000545. The molecule has 0 saturated carbocycles. The number of hydrogen-bond donors (Lipinski definition) is 2. The number of nitrogens with two attached hydrogens (primary N) is 1. The molecule has 192 valence electrons. The zero-order chi connectivity index (χ0) is 27.0. The number of hydrazone groups is 1. The van der Waals surface area contributed by atoms with Crippen LogP contribution in [-0.4, -0.2) is 36.6 Å². The van der Waals surface area contributed by atoms with Crippen LogP contribution in [0.4, 0.5) is 5.69 Å². The Hall–Kier alpha value is -2.36. The molecule has 0 aromatic heterocycles. The topological polar surface area (TPSA) is 120 Å². The van der Waals surface area contributed by atoms with E-state index >= 15 is 0 Å². The Morgan fingerprint density at radius 2 is 1.37 bits per heavy atom. The summed E-state index contributed by atoms with van der Waals surface area (Å²) < 4.78 is 9.09. The molecule has 0 bridgehead atoms. The van der Waals surface area contributed by atoms with Crippen molar-refractivity contribution in [2.45, 2.75) is 34.2 Å². The van der Waals surface area contributed by atoms with E-state index in [1.165, 1.54) is 6.92 Å². The summed E-state index contributed by atoms with van der Waals surface area (Å²) in [4.78, 5) is 31.5. The predicted octanol–water partition coefficient (Wildman–Crippen LogP) is 5.93. The van der Waals surface area contributed by atoms with Crippen LogP contribution in [0.3, 0.4) is 0 Å². The van der Waals surface area contributed by atoms with Crippen LogP contribution >= 0.6 is 46.4 Å². The van der Waals surface area contributed by atoms with Crippen LogP contribution in [0.1, 0.15) is 33.3 Å². The number of anilines is 1. The zero-order valence-corrected chi connectivity index (χ0v) is 22.7. The van der Waals surface area contributed by atoms with E-state index in [0.717, 1.165) is 5.56 Å². The monoisotopic (exact) mass is 565 g/mol. The molecule has 3 N–H and O–H groups in total. The van der Waals surface area contributed by atoms with Gasteiger partial charge in [-0.15, -0.1) is 0 Å². The van der Waals surface area contributed by atoms with Gasteiger partial charge in [-0.1, -0.05) is 52.5 Å².